The first-order valence-electron chi connectivity index (χ1n) is 20.9. The van der Waals surface area contributed by atoms with Gasteiger partial charge in [0.2, 0.25) is 0 Å². The number of ether oxygens (including phenoxy) is 4. The SMILES string of the molecule is C=C(C)C(=O)OCCCc1cc(-c2ccc(C3CCC(CCCCC)CC3)cc2CC)cc(CCCS)c1OCC(CS)(COC(=O)C(=C)C)COC(=O)C(=C)C. The van der Waals surface area contributed by atoms with E-state index in [4.69, 9.17) is 18.9 Å². The highest BCUT2D eigenvalue weighted by atomic mass is 32.1. The zero-order valence-corrected chi connectivity index (χ0v) is 37.1. The molecular formula is C48H68O7S2. The average molecular weight is 821 g/mol. The Bertz CT molecular complexity index is 1660. The van der Waals surface area contributed by atoms with E-state index in [-0.39, 0.29) is 43.3 Å². The lowest BCUT2D eigenvalue weighted by Gasteiger charge is -2.32. The summed E-state index contributed by atoms with van der Waals surface area (Å²) in [5.74, 6) is 1.55. The summed E-state index contributed by atoms with van der Waals surface area (Å²) in [7, 11) is 0. The first kappa shape index (κ1) is 47.9. The first-order chi connectivity index (χ1) is 27.3. The van der Waals surface area contributed by atoms with Crippen LogP contribution in [-0.4, -0.2) is 55.8 Å². The minimum atomic E-state index is -0.979. The van der Waals surface area contributed by atoms with Crippen LogP contribution in [0.1, 0.15) is 127 Å². The molecule has 2 aromatic rings. The molecular weight excluding hydrogens is 753 g/mol. The number of benzene rings is 2. The molecule has 1 aliphatic rings. The highest BCUT2D eigenvalue weighted by Gasteiger charge is 2.35. The van der Waals surface area contributed by atoms with Crippen molar-refractivity contribution in [2.75, 3.05) is 37.9 Å². The molecule has 0 atom stereocenters. The fourth-order valence-corrected chi connectivity index (χ4v) is 7.80. The number of hydrogen-bond acceptors (Lipinski definition) is 9. The number of carbonyl (C=O) groups is 3. The number of esters is 3. The van der Waals surface area contributed by atoms with Crippen molar-refractivity contribution in [1.29, 1.82) is 0 Å². The molecule has 0 amide bonds. The third kappa shape index (κ3) is 15.0. The Morgan fingerprint density at radius 1 is 0.719 bits per heavy atom. The summed E-state index contributed by atoms with van der Waals surface area (Å²) in [6.07, 6.45) is 14.1. The van der Waals surface area contributed by atoms with Crippen molar-refractivity contribution in [3.05, 3.63) is 89.0 Å². The van der Waals surface area contributed by atoms with E-state index in [0.717, 1.165) is 35.4 Å². The van der Waals surface area contributed by atoms with Crippen LogP contribution >= 0.6 is 25.3 Å². The van der Waals surface area contributed by atoms with Gasteiger partial charge in [-0.3, -0.25) is 0 Å². The number of hydrogen-bond donors (Lipinski definition) is 2. The second-order valence-electron chi connectivity index (χ2n) is 16.1. The van der Waals surface area contributed by atoms with Crippen LogP contribution in [0, 0.1) is 11.3 Å². The largest absolute Gasteiger partial charge is 0.492 e. The minimum absolute atomic E-state index is 0.0457. The molecule has 3 rings (SSSR count). The fourth-order valence-electron chi connectivity index (χ4n) is 7.37. The van der Waals surface area contributed by atoms with Crippen LogP contribution < -0.4 is 4.74 Å². The molecule has 1 aliphatic carbocycles. The van der Waals surface area contributed by atoms with E-state index in [2.05, 4.69) is 89.2 Å². The molecule has 0 radical (unpaired) electrons. The van der Waals surface area contributed by atoms with E-state index in [1.54, 1.807) is 20.8 Å². The zero-order valence-electron chi connectivity index (χ0n) is 35.3. The Hall–Kier alpha value is -3.43. The third-order valence-electron chi connectivity index (χ3n) is 10.9. The van der Waals surface area contributed by atoms with Gasteiger partial charge in [-0.25, -0.2) is 14.4 Å². The second kappa shape index (κ2) is 24.5. The van der Waals surface area contributed by atoms with Gasteiger partial charge in [-0.05, 0) is 142 Å². The maximum Gasteiger partial charge on any atom is 0.333 e. The minimum Gasteiger partial charge on any atom is -0.492 e. The highest BCUT2D eigenvalue weighted by Crippen LogP contribution is 2.41. The summed E-state index contributed by atoms with van der Waals surface area (Å²) in [5.41, 5.74) is 6.95. The van der Waals surface area contributed by atoms with Gasteiger partial charge in [0.05, 0.1) is 12.0 Å². The van der Waals surface area contributed by atoms with Crippen LogP contribution in [0.15, 0.2) is 66.8 Å². The fraction of sp³-hybridized carbons (Fsp3) is 0.562. The van der Waals surface area contributed by atoms with Gasteiger partial charge in [-0.2, -0.15) is 25.3 Å². The number of rotatable bonds is 25. The Balaban J connectivity index is 2.04. The maximum absolute atomic E-state index is 12.5. The molecule has 1 saturated carbocycles. The van der Waals surface area contributed by atoms with Crippen molar-refractivity contribution in [2.45, 2.75) is 124 Å². The molecule has 57 heavy (non-hydrogen) atoms. The molecule has 0 spiro atoms. The zero-order chi connectivity index (χ0) is 42.0. The Labute approximate surface area is 354 Å². The van der Waals surface area contributed by atoms with E-state index in [1.807, 2.05) is 0 Å². The standard InChI is InChI=1S/C48H68O7S2/c1-9-11-12-15-36-18-20-38(21-19-36)39-22-23-43(37(10-2)26-39)42-27-40(16-13-24-52-45(49)33(3)4)44(41(28-42)17-14-25-56)53-29-48(32-57,30-54-46(50)34(5)6)31-55-47(51)35(7)8/h22-23,26-28,36,38,56-57H,3,5,7,9-21,24-25,29-32H2,1-2,4,6,8H3. The smallest absolute Gasteiger partial charge is 0.333 e. The molecule has 314 valence electrons. The highest BCUT2D eigenvalue weighted by molar-refractivity contribution is 7.80. The predicted octanol–water partition coefficient (Wildman–Crippen LogP) is 11.2. The van der Waals surface area contributed by atoms with Crippen LogP contribution in [0.25, 0.3) is 11.1 Å². The summed E-state index contributed by atoms with van der Waals surface area (Å²) in [6, 6.07) is 11.5. The molecule has 1 fully saturated rings. The van der Waals surface area contributed by atoms with Crippen molar-refractivity contribution in [1.82, 2.24) is 0 Å². The molecule has 7 nitrogen and oxygen atoms in total. The van der Waals surface area contributed by atoms with E-state index >= 15 is 0 Å². The number of carbonyl (C=O) groups excluding carboxylic acids is 3. The quantitative estimate of drug-likeness (QED) is 0.0339. The van der Waals surface area contributed by atoms with Crippen molar-refractivity contribution in [2.24, 2.45) is 11.3 Å². The summed E-state index contributed by atoms with van der Waals surface area (Å²) < 4.78 is 23.5. The van der Waals surface area contributed by atoms with E-state index < -0.39 is 23.3 Å². The van der Waals surface area contributed by atoms with Gasteiger partial charge in [0.15, 0.2) is 0 Å². The predicted molar refractivity (Wildman–Crippen MR) is 240 cm³/mol. The summed E-state index contributed by atoms with van der Waals surface area (Å²) in [4.78, 5) is 37.3. The molecule has 2 aromatic carbocycles. The average Bonchev–Trinajstić information content (AvgIpc) is 3.21. The van der Waals surface area contributed by atoms with Crippen molar-refractivity contribution < 1.29 is 33.3 Å². The maximum atomic E-state index is 12.5. The van der Waals surface area contributed by atoms with Crippen molar-refractivity contribution >= 4 is 43.2 Å². The number of unbranched alkanes of at least 4 members (excludes halogenated alkanes) is 2. The molecule has 0 aliphatic heterocycles. The summed E-state index contributed by atoms with van der Waals surface area (Å²) in [5, 5.41) is 0. The van der Waals surface area contributed by atoms with E-state index in [9.17, 15) is 14.4 Å². The molecule has 0 saturated heterocycles. The summed E-state index contributed by atoms with van der Waals surface area (Å²) in [6.45, 7) is 20.5. The Morgan fingerprint density at radius 3 is 1.82 bits per heavy atom. The van der Waals surface area contributed by atoms with Gasteiger partial charge >= 0.3 is 17.9 Å². The van der Waals surface area contributed by atoms with Crippen molar-refractivity contribution in [3.63, 3.8) is 0 Å². The molecule has 0 heterocycles. The monoisotopic (exact) mass is 820 g/mol. The number of thiol groups is 2. The third-order valence-corrected chi connectivity index (χ3v) is 11.9. The lowest BCUT2D eigenvalue weighted by atomic mass is 9.76. The van der Waals surface area contributed by atoms with Crippen molar-refractivity contribution in [3.8, 4) is 16.9 Å². The van der Waals surface area contributed by atoms with Crippen LogP contribution in [0.2, 0.25) is 0 Å². The van der Waals surface area contributed by atoms with E-state index in [0.29, 0.717) is 42.3 Å². The second-order valence-corrected chi connectivity index (χ2v) is 16.9. The van der Waals surface area contributed by atoms with E-state index in [1.165, 1.54) is 68.1 Å². The van der Waals surface area contributed by atoms with Gasteiger partial charge in [0.25, 0.3) is 0 Å². The van der Waals surface area contributed by atoms with Gasteiger partial charge in [0.1, 0.15) is 25.6 Å². The lowest BCUT2D eigenvalue weighted by molar-refractivity contribution is -0.149. The van der Waals surface area contributed by atoms with Crippen LogP contribution in [-0.2, 0) is 47.9 Å². The Kier molecular flexibility index (Phi) is 20.6. The summed E-state index contributed by atoms with van der Waals surface area (Å²) >= 11 is 9.20. The molecule has 0 bridgehead atoms. The normalized spacial score (nSPS) is 15.4. The topological polar surface area (TPSA) is 88.1 Å². The lowest BCUT2D eigenvalue weighted by Crippen LogP contribution is -2.42. The Morgan fingerprint density at radius 2 is 1.30 bits per heavy atom. The molecule has 9 heteroatoms. The van der Waals surface area contributed by atoms with Gasteiger partial charge in [0, 0.05) is 22.5 Å². The van der Waals surface area contributed by atoms with Crippen LogP contribution in [0.3, 0.4) is 0 Å². The molecule has 0 aromatic heterocycles. The van der Waals surface area contributed by atoms with Gasteiger partial charge in [-0.1, -0.05) is 77.5 Å². The van der Waals surface area contributed by atoms with Crippen LogP contribution in [0.4, 0.5) is 0 Å². The molecule has 0 unspecified atom stereocenters. The van der Waals surface area contributed by atoms with Gasteiger partial charge in [-0.15, -0.1) is 0 Å². The van der Waals surface area contributed by atoms with Gasteiger partial charge < -0.3 is 18.9 Å². The molecule has 0 N–H and O–H groups in total. The first-order valence-corrected chi connectivity index (χ1v) is 22.2. The number of aryl methyl sites for hydroxylation is 3. The van der Waals surface area contributed by atoms with Crippen LogP contribution in [0.5, 0.6) is 5.75 Å².